The number of methoxy groups -OCH3 is 1. The van der Waals surface area contributed by atoms with Gasteiger partial charge >= 0.3 is 0 Å². The van der Waals surface area contributed by atoms with Crippen molar-refractivity contribution in [1.82, 2.24) is 4.90 Å². The number of rotatable bonds is 6. The quantitative estimate of drug-likeness (QED) is 0.515. The van der Waals surface area contributed by atoms with Crippen LogP contribution in [0.25, 0.3) is 0 Å². The van der Waals surface area contributed by atoms with Gasteiger partial charge in [0.25, 0.3) is 15.9 Å². The van der Waals surface area contributed by atoms with Crippen LogP contribution in [0.1, 0.15) is 21.5 Å². The summed E-state index contributed by atoms with van der Waals surface area (Å²) < 4.78 is 34.0. The fraction of sp³-hybridized carbons (Fsp3) is 0.269. The molecule has 1 N–H and O–H groups in total. The van der Waals surface area contributed by atoms with Gasteiger partial charge in [0.2, 0.25) is 0 Å². The topological polar surface area (TPSA) is 79.0 Å². The Kier molecular flexibility index (Phi) is 7.23. The van der Waals surface area contributed by atoms with Crippen LogP contribution in [0.15, 0.2) is 65.6 Å². The summed E-state index contributed by atoms with van der Waals surface area (Å²) in [5.74, 6) is 0.571. The van der Waals surface area contributed by atoms with Gasteiger partial charge in [-0.1, -0.05) is 17.7 Å². The van der Waals surface area contributed by atoms with E-state index in [1.165, 1.54) is 12.1 Å². The number of nitrogens with one attached hydrogen (secondary N) is 1. The molecule has 1 saturated heterocycles. The zero-order chi connectivity index (χ0) is 25.2. The summed E-state index contributed by atoms with van der Waals surface area (Å²) in [7, 11) is -2.35. The predicted molar refractivity (Wildman–Crippen MR) is 139 cm³/mol. The molecule has 3 aromatic carbocycles. The Morgan fingerprint density at radius 3 is 2.14 bits per heavy atom. The number of ether oxygens (including phenoxy) is 1. The van der Waals surface area contributed by atoms with Gasteiger partial charge in [-0.05, 0) is 79.6 Å². The average molecular weight is 514 g/mol. The van der Waals surface area contributed by atoms with Gasteiger partial charge < -0.3 is 14.5 Å². The van der Waals surface area contributed by atoms with Gasteiger partial charge in [-0.25, -0.2) is 8.42 Å². The first-order valence-corrected chi connectivity index (χ1v) is 13.1. The lowest BCUT2D eigenvalue weighted by Gasteiger charge is -2.36. The van der Waals surface area contributed by atoms with Gasteiger partial charge in [0.1, 0.15) is 10.6 Å². The van der Waals surface area contributed by atoms with Crippen LogP contribution in [0.4, 0.5) is 11.4 Å². The van der Waals surface area contributed by atoms with Crippen molar-refractivity contribution in [2.75, 3.05) is 42.9 Å². The Bertz CT molecular complexity index is 1310. The van der Waals surface area contributed by atoms with Gasteiger partial charge in [-0.3, -0.25) is 9.52 Å². The Hall–Kier alpha value is -3.23. The molecule has 0 radical (unpaired) electrons. The first kappa shape index (κ1) is 24.9. The number of halogens is 1. The smallest absolute Gasteiger partial charge is 0.263 e. The number of hydrogen-bond donors (Lipinski definition) is 1. The van der Waals surface area contributed by atoms with Crippen molar-refractivity contribution in [1.29, 1.82) is 0 Å². The minimum atomic E-state index is -3.99. The average Bonchev–Trinajstić information content (AvgIpc) is 2.83. The van der Waals surface area contributed by atoms with Crippen molar-refractivity contribution in [3.05, 3.63) is 82.4 Å². The summed E-state index contributed by atoms with van der Waals surface area (Å²) in [6.07, 6.45) is 0. The van der Waals surface area contributed by atoms with Crippen LogP contribution in [0.3, 0.4) is 0 Å². The van der Waals surface area contributed by atoms with Crippen LogP contribution in [0.5, 0.6) is 5.75 Å². The van der Waals surface area contributed by atoms with Crippen LogP contribution in [0, 0.1) is 13.8 Å². The highest BCUT2D eigenvalue weighted by Crippen LogP contribution is 2.27. The van der Waals surface area contributed by atoms with Crippen LogP contribution >= 0.6 is 11.6 Å². The van der Waals surface area contributed by atoms with Crippen LogP contribution in [0.2, 0.25) is 5.02 Å². The molecule has 1 fully saturated rings. The number of nitrogens with zero attached hydrogens (tertiary/aromatic N) is 2. The maximum atomic E-state index is 13.2. The molecule has 1 aliphatic rings. The van der Waals surface area contributed by atoms with E-state index < -0.39 is 10.0 Å². The summed E-state index contributed by atoms with van der Waals surface area (Å²) in [4.78, 5) is 17.0. The number of anilines is 2. The van der Waals surface area contributed by atoms with Gasteiger partial charge in [0, 0.05) is 43.1 Å². The summed E-state index contributed by atoms with van der Waals surface area (Å²) in [6, 6.07) is 17.6. The zero-order valence-electron chi connectivity index (χ0n) is 19.9. The molecule has 35 heavy (non-hydrogen) atoms. The van der Waals surface area contributed by atoms with E-state index >= 15 is 0 Å². The van der Waals surface area contributed by atoms with E-state index in [2.05, 4.69) is 9.62 Å². The maximum Gasteiger partial charge on any atom is 0.263 e. The molecule has 3 aromatic rings. The van der Waals surface area contributed by atoms with Crippen molar-refractivity contribution >= 4 is 38.9 Å². The number of benzene rings is 3. The van der Waals surface area contributed by atoms with Crippen LogP contribution < -0.4 is 14.4 Å². The molecule has 0 unspecified atom stereocenters. The van der Waals surface area contributed by atoms with E-state index in [1.807, 2.05) is 44.2 Å². The minimum Gasteiger partial charge on any atom is -0.497 e. The van der Waals surface area contributed by atoms with E-state index in [-0.39, 0.29) is 21.4 Å². The summed E-state index contributed by atoms with van der Waals surface area (Å²) in [6.45, 7) is 6.18. The first-order valence-electron chi connectivity index (χ1n) is 11.3. The fourth-order valence-corrected chi connectivity index (χ4v) is 5.80. The maximum absolute atomic E-state index is 13.2. The second kappa shape index (κ2) is 10.2. The molecule has 1 amide bonds. The van der Waals surface area contributed by atoms with Crippen LogP contribution in [-0.2, 0) is 10.0 Å². The molecule has 1 aliphatic heterocycles. The monoisotopic (exact) mass is 513 g/mol. The van der Waals surface area contributed by atoms with Crippen LogP contribution in [-0.4, -0.2) is 52.5 Å². The number of aryl methyl sites for hydroxylation is 2. The number of carbonyl (C=O) groups is 1. The molecule has 0 spiro atoms. The zero-order valence-corrected chi connectivity index (χ0v) is 21.5. The Morgan fingerprint density at radius 2 is 1.54 bits per heavy atom. The molecule has 0 saturated carbocycles. The molecule has 1 heterocycles. The van der Waals surface area contributed by atoms with Gasteiger partial charge in [-0.15, -0.1) is 0 Å². The standard InChI is InChI=1S/C26H28ClN3O4S/c1-18-14-19(2)16-21(15-18)28-35(32,33)25-17-20(4-9-24(25)27)26(31)30-12-10-29(11-13-30)22-5-7-23(34-3)8-6-22/h4-9,14-17,28H,10-13H2,1-3H3. The van der Waals surface area contributed by atoms with Gasteiger partial charge in [-0.2, -0.15) is 0 Å². The lowest BCUT2D eigenvalue weighted by atomic mass is 10.1. The third-order valence-electron chi connectivity index (χ3n) is 5.95. The number of piperazine rings is 1. The highest BCUT2D eigenvalue weighted by Gasteiger charge is 2.25. The van der Waals surface area contributed by atoms with Crippen molar-refractivity contribution in [2.45, 2.75) is 18.7 Å². The Morgan fingerprint density at radius 1 is 0.914 bits per heavy atom. The fourth-order valence-electron chi connectivity index (χ4n) is 4.23. The molecular weight excluding hydrogens is 486 g/mol. The van der Waals surface area contributed by atoms with E-state index in [9.17, 15) is 13.2 Å². The third-order valence-corrected chi connectivity index (χ3v) is 7.81. The van der Waals surface area contributed by atoms with E-state index in [0.717, 1.165) is 22.6 Å². The third kappa shape index (κ3) is 5.71. The Balaban J connectivity index is 1.48. The van der Waals surface area contributed by atoms with E-state index in [1.54, 1.807) is 30.2 Å². The normalized spacial score (nSPS) is 14.1. The summed E-state index contributed by atoms with van der Waals surface area (Å²) in [5, 5.41) is 0.0581. The minimum absolute atomic E-state index is 0.0581. The number of amides is 1. The van der Waals surface area contributed by atoms with Crippen molar-refractivity contribution in [3.8, 4) is 5.75 Å². The number of carbonyl (C=O) groups excluding carboxylic acids is 1. The predicted octanol–water partition coefficient (Wildman–Crippen LogP) is 4.73. The summed E-state index contributed by atoms with van der Waals surface area (Å²) >= 11 is 6.25. The molecule has 0 aromatic heterocycles. The van der Waals surface area contributed by atoms with Gasteiger partial charge in [0.15, 0.2) is 0 Å². The highest BCUT2D eigenvalue weighted by atomic mass is 35.5. The molecular formula is C26H28ClN3O4S. The molecule has 4 rings (SSSR count). The largest absolute Gasteiger partial charge is 0.497 e. The van der Waals surface area contributed by atoms with E-state index in [4.69, 9.17) is 16.3 Å². The molecule has 0 atom stereocenters. The highest BCUT2D eigenvalue weighted by molar-refractivity contribution is 7.92. The molecule has 7 nitrogen and oxygen atoms in total. The number of hydrogen-bond acceptors (Lipinski definition) is 5. The molecule has 184 valence electrons. The number of sulfonamides is 1. The lowest BCUT2D eigenvalue weighted by molar-refractivity contribution is 0.0746. The van der Waals surface area contributed by atoms with Crippen molar-refractivity contribution in [2.24, 2.45) is 0 Å². The summed E-state index contributed by atoms with van der Waals surface area (Å²) in [5.41, 5.74) is 3.67. The van der Waals surface area contributed by atoms with E-state index in [0.29, 0.717) is 31.9 Å². The molecule has 9 heteroatoms. The first-order chi connectivity index (χ1) is 16.7. The second-order valence-corrected chi connectivity index (χ2v) is 10.7. The van der Waals surface area contributed by atoms with Gasteiger partial charge in [0.05, 0.1) is 12.1 Å². The van der Waals surface area contributed by atoms with Crippen molar-refractivity contribution in [3.63, 3.8) is 0 Å². The molecule has 0 aliphatic carbocycles. The second-order valence-electron chi connectivity index (χ2n) is 8.60. The lowest BCUT2D eigenvalue weighted by Crippen LogP contribution is -2.48. The molecule has 0 bridgehead atoms. The Labute approximate surface area is 211 Å². The van der Waals surface area contributed by atoms with Crippen molar-refractivity contribution < 1.29 is 17.9 Å². The SMILES string of the molecule is COc1ccc(N2CCN(C(=O)c3ccc(Cl)c(S(=O)(=O)Nc4cc(C)cc(C)c4)c3)CC2)cc1.